The molecule has 0 aliphatic carbocycles. The van der Waals surface area contributed by atoms with E-state index in [1.165, 1.54) is 12.1 Å². The Kier molecular flexibility index (Phi) is 6.73. The molecular weight excluding hydrogens is 494 g/mol. The molecule has 38 heavy (non-hydrogen) atoms. The number of carboxylic acids is 1. The highest BCUT2D eigenvalue weighted by molar-refractivity contribution is 5.85. The molecule has 1 fully saturated rings. The highest BCUT2D eigenvalue weighted by atomic mass is 19.3. The standard InChI is InChI=1S/C28H20F2N4O4/c29-28(30)38-24-12-25-22(11-17(24)15-34-10-4-9-23(34)27(35)36)33-26(37-25)20-8-3-7-19(21(20)14-32)18-6-2-1-5-16(18)13-31/h1-3,5-8,11-12,23,28H,4,9-10,15H2,(H,35,36)/t23-/m0/s1. The summed E-state index contributed by atoms with van der Waals surface area (Å²) in [5.74, 6) is -1.01. The second kappa shape index (κ2) is 10.3. The largest absolute Gasteiger partial charge is 0.480 e. The van der Waals surface area contributed by atoms with Crippen molar-refractivity contribution in [3.8, 4) is 40.5 Å². The number of likely N-dealkylation sites (tertiary alicyclic amines) is 1. The third kappa shape index (κ3) is 4.65. The van der Waals surface area contributed by atoms with Crippen LogP contribution in [0.4, 0.5) is 8.78 Å². The quantitative estimate of drug-likeness (QED) is 0.340. The number of benzene rings is 3. The Morgan fingerprint density at radius 3 is 2.63 bits per heavy atom. The number of alkyl halides is 2. The first-order valence-electron chi connectivity index (χ1n) is 11.8. The molecule has 3 aromatic carbocycles. The van der Waals surface area contributed by atoms with Gasteiger partial charge >= 0.3 is 12.6 Å². The molecule has 0 bridgehead atoms. The van der Waals surface area contributed by atoms with Gasteiger partial charge in [-0.1, -0.05) is 30.3 Å². The summed E-state index contributed by atoms with van der Waals surface area (Å²) in [7, 11) is 0. The van der Waals surface area contributed by atoms with Crippen LogP contribution in [-0.4, -0.2) is 40.2 Å². The van der Waals surface area contributed by atoms with Crippen LogP contribution >= 0.6 is 0 Å². The molecule has 1 aliphatic rings. The van der Waals surface area contributed by atoms with E-state index in [9.17, 15) is 29.2 Å². The van der Waals surface area contributed by atoms with Gasteiger partial charge in [-0.25, -0.2) is 4.98 Å². The smallest absolute Gasteiger partial charge is 0.387 e. The Hall–Kier alpha value is -4.80. The SMILES string of the molecule is N#Cc1ccccc1-c1cccc(-c2nc3cc(CN4CCC[C@H]4C(=O)O)c(OC(F)F)cc3o2)c1C#N. The molecule has 1 aliphatic heterocycles. The third-order valence-electron chi connectivity index (χ3n) is 6.55. The zero-order valence-corrected chi connectivity index (χ0v) is 19.9. The number of rotatable bonds is 7. The lowest BCUT2D eigenvalue weighted by molar-refractivity contribution is -0.142. The maximum absolute atomic E-state index is 13.2. The van der Waals surface area contributed by atoms with Crippen molar-refractivity contribution in [3.05, 3.63) is 71.3 Å². The molecule has 4 aromatic rings. The molecule has 0 amide bonds. The van der Waals surface area contributed by atoms with Crippen molar-refractivity contribution in [1.29, 1.82) is 10.5 Å². The van der Waals surface area contributed by atoms with E-state index in [1.54, 1.807) is 47.4 Å². The summed E-state index contributed by atoms with van der Waals surface area (Å²) in [6, 6.07) is 18.4. The molecular formula is C28H20F2N4O4. The predicted octanol–water partition coefficient (Wildman–Crippen LogP) is 5.56. The highest BCUT2D eigenvalue weighted by Crippen LogP contribution is 2.37. The Balaban J connectivity index is 1.60. The molecule has 1 atom stereocenters. The second-order valence-corrected chi connectivity index (χ2v) is 8.79. The summed E-state index contributed by atoms with van der Waals surface area (Å²) in [4.78, 5) is 17.8. The first kappa shape index (κ1) is 24.9. The highest BCUT2D eigenvalue weighted by Gasteiger charge is 2.31. The fourth-order valence-corrected chi connectivity index (χ4v) is 4.85. The fourth-order valence-electron chi connectivity index (χ4n) is 4.85. The van der Waals surface area contributed by atoms with E-state index in [-0.39, 0.29) is 29.3 Å². The number of fused-ring (bicyclic) bond motifs is 1. The number of aromatic nitrogens is 1. The van der Waals surface area contributed by atoms with Gasteiger partial charge in [0.1, 0.15) is 23.4 Å². The lowest BCUT2D eigenvalue weighted by Gasteiger charge is -2.22. The minimum atomic E-state index is -3.09. The van der Waals surface area contributed by atoms with Gasteiger partial charge < -0.3 is 14.3 Å². The molecule has 8 nitrogen and oxygen atoms in total. The molecule has 5 rings (SSSR count). The number of carboxylic acid groups (broad SMARTS) is 1. The van der Waals surface area contributed by atoms with Crippen LogP contribution in [0, 0.1) is 22.7 Å². The summed E-state index contributed by atoms with van der Waals surface area (Å²) in [6.45, 7) is -2.50. The number of halogens is 2. The van der Waals surface area contributed by atoms with Crippen molar-refractivity contribution in [2.24, 2.45) is 0 Å². The van der Waals surface area contributed by atoms with E-state index >= 15 is 0 Å². The van der Waals surface area contributed by atoms with E-state index in [0.29, 0.717) is 52.7 Å². The van der Waals surface area contributed by atoms with E-state index in [2.05, 4.69) is 17.1 Å². The number of ether oxygens (including phenoxy) is 1. The lowest BCUT2D eigenvalue weighted by atomic mass is 9.93. The molecule has 0 radical (unpaired) electrons. The minimum Gasteiger partial charge on any atom is -0.480 e. The number of nitriles is 2. The first-order valence-corrected chi connectivity index (χ1v) is 11.8. The summed E-state index contributed by atoms with van der Waals surface area (Å²) >= 11 is 0. The number of hydrogen-bond donors (Lipinski definition) is 1. The molecule has 0 spiro atoms. The van der Waals surface area contributed by atoms with Crippen molar-refractivity contribution in [3.63, 3.8) is 0 Å². The van der Waals surface area contributed by atoms with Gasteiger partial charge in [0, 0.05) is 29.3 Å². The van der Waals surface area contributed by atoms with E-state index in [1.807, 2.05) is 0 Å². The van der Waals surface area contributed by atoms with Crippen molar-refractivity contribution < 1.29 is 27.8 Å². The molecule has 190 valence electrons. The van der Waals surface area contributed by atoms with Crippen LogP contribution < -0.4 is 4.74 Å². The summed E-state index contributed by atoms with van der Waals surface area (Å²) in [6.07, 6.45) is 1.15. The Labute approximate surface area is 215 Å². The molecule has 0 saturated carbocycles. The molecule has 1 N–H and O–H groups in total. The van der Waals surface area contributed by atoms with Gasteiger partial charge in [0.25, 0.3) is 0 Å². The number of aliphatic carboxylic acids is 1. The second-order valence-electron chi connectivity index (χ2n) is 8.79. The van der Waals surface area contributed by atoms with E-state index in [4.69, 9.17) is 9.15 Å². The number of hydrogen-bond acceptors (Lipinski definition) is 7. The fraction of sp³-hybridized carbons (Fsp3) is 0.214. The van der Waals surface area contributed by atoms with Crippen LogP contribution in [-0.2, 0) is 11.3 Å². The minimum absolute atomic E-state index is 0.0844. The Bertz CT molecular complexity index is 1620. The topological polar surface area (TPSA) is 123 Å². The zero-order valence-electron chi connectivity index (χ0n) is 19.9. The van der Waals surface area contributed by atoms with Crippen LogP contribution in [0.15, 0.2) is 59.0 Å². The van der Waals surface area contributed by atoms with Crippen LogP contribution in [0.2, 0.25) is 0 Å². The van der Waals surface area contributed by atoms with Crippen LogP contribution in [0.1, 0.15) is 29.5 Å². The van der Waals surface area contributed by atoms with Gasteiger partial charge in [0.05, 0.1) is 22.8 Å². The Morgan fingerprint density at radius 2 is 1.89 bits per heavy atom. The molecule has 1 aromatic heterocycles. The van der Waals surface area contributed by atoms with Crippen molar-refractivity contribution in [1.82, 2.24) is 9.88 Å². The van der Waals surface area contributed by atoms with Gasteiger partial charge in [-0.15, -0.1) is 0 Å². The molecule has 1 saturated heterocycles. The third-order valence-corrected chi connectivity index (χ3v) is 6.55. The van der Waals surface area contributed by atoms with Gasteiger partial charge in [0.15, 0.2) is 5.58 Å². The van der Waals surface area contributed by atoms with Crippen molar-refractivity contribution >= 4 is 17.1 Å². The summed E-state index contributed by atoms with van der Waals surface area (Å²) in [5, 5.41) is 29.0. The van der Waals surface area contributed by atoms with E-state index in [0.717, 1.165) is 0 Å². The Morgan fingerprint density at radius 1 is 1.13 bits per heavy atom. The average molecular weight is 514 g/mol. The van der Waals surface area contributed by atoms with Gasteiger partial charge in [0.2, 0.25) is 5.89 Å². The lowest BCUT2D eigenvalue weighted by Crippen LogP contribution is -2.35. The summed E-state index contributed by atoms with van der Waals surface area (Å²) in [5.41, 5.74) is 2.99. The normalized spacial score (nSPS) is 15.4. The predicted molar refractivity (Wildman–Crippen MR) is 132 cm³/mol. The maximum atomic E-state index is 13.2. The van der Waals surface area contributed by atoms with Crippen LogP contribution in [0.3, 0.4) is 0 Å². The van der Waals surface area contributed by atoms with Gasteiger partial charge in [-0.05, 0) is 37.6 Å². The first-order chi connectivity index (χ1) is 18.4. The molecule has 10 heteroatoms. The number of nitrogens with zero attached hydrogens (tertiary/aromatic N) is 4. The van der Waals surface area contributed by atoms with Crippen molar-refractivity contribution in [2.75, 3.05) is 6.54 Å². The monoisotopic (exact) mass is 514 g/mol. The van der Waals surface area contributed by atoms with Crippen molar-refractivity contribution in [2.45, 2.75) is 32.0 Å². The number of carbonyl (C=O) groups is 1. The van der Waals surface area contributed by atoms with Gasteiger partial charge in [-0.3, -0.25) is 9.69 Å². The zero-order chi connectivity index (χ0) is 26.8. The molecule has 0 unspecified atom stereocenters. The van der Waals surface area contributed by atoms with E-state index < -0.39 is 18.6 Å². The van der Waals surface area contributed by atoms with Gasteiger partial charge in [-0.2, -0.15) is 19.3 Å². The average Bonchev–Trinajstić information content (AvgIpc) is 3.55. The molecule has 2 heterocycles. The maximum Gasteiger partial charge on any atom is 0.387 e. The number of oxazole rings is 1. The summed E-state index contributed by atoms with van der Waals surface area (Å²) < 4.78 is 37.1. The van der Waals surface area contributed by atoms with Crippen LogP contribution in [0.5, 0.6) is 5.75 Å². The van der Waals surface area contributed by atoms with Crippen LogP contribution in [0.25, 0.3) is 33.7 Å².